The van der Waals surface area contributed by atoms with E-state index in [0.29, 0.717) is 0 Å². The Labute approximate surface area is 68.9 Å². The molecule has 0 bridgehead atoms. The molecule has 0 saturated carbocycles. The van der Waals surface area contributed by atoms with Gasteiger partial charge in [-0.3, -0.25) is 0 Å². The molecule has 0 heterocycles. The third-order valence-electron chi connectivity index (χ3n) is 1.53. The lowest BCUT2D eigenvalue weighted by atomic mass is 10.0. The van der Waals surface area contributed by atoms with Crippen molar-refractivity contribution >= 4 is 0 Å². The standard InChI is InChI=1S/C11H14/c1-6-9(4)11(8-3)10(5)7-2/h6-8H,1-4H2,5H3/b11-10-. The molecule has 0 unspecified atom stereocenters. The Morgan fingerprint density at radius 2 is 1.55 bits per heavy atom. The molecule has 0 aliphatic rings. The number of hydrogen-bond donors (Lipinski definition) is 0. The Morgan fingerprint density at radius 1 is 1.00 bits per heavy atom. The van der Waals surface area contributed by atoms with Crippen LogP contribution in [-0.4, -0.2) is 0 Å². The summed E-state index contributed by atoms with van der Waals surface area (Å²) in [5, 5.41) is 0. The van der Waals surface area contributed by atoms with E-state index >= 15 is 0 Å². The van der Waals surface area contributed by atoms with E-state index in [1.54, 1.807) is 18.2 Å². The Balaban J connectivity index is 4.93. The molecule has 0 heteroatoms. The molecule has 58 valence electrons. The summed E-state index contributed by atoms with van der Waals surface area (Å²) >= 11 is 0. The highest BCUT2D eigenvalue weighted by Crippen LogP contribution is 2.15. The maximum absolute atomic E-state index is 3.82. The summed E-state index contributed by atoms with van der Waals surface area (Å²) in [5.74, 6) is 0. The van der Waals surface area contributed by atoms with Crippen LogP contribution < -0.4 is 0 Å². The first-order valence-corrected chi connectivity index (χ1v) is 3.44. The molecule has 0 aromatic rings. The van der Waals surface area contributed by atoms with Gasteiger partial charge in [0.05, 0.1) is 0 Å². The van der Waals surface area contributed by atoms with Crippen LogP contribution in [0.5, 0.6) is 0 Å². The fourth-order valence-electron chi connectivity index (χ4n) is 0.765. The second-order valence-electron chi connectivity index (χ2n) is 2.23. The lowest BCUT2D eigenvalue weighted by molar-refractivity contribution is 1.42. The lowest BCUT2D eigenvalue weighted by Crippen LogP contribution is -1.83. The average molecular weight is 146 g/mol. The molecule has 0 saturated heterocycles. The molecule has 11 heavy (non-hydrogen) atoms. The van der Waals surface area contributed by atoms with Crippen LogP contribution >= 0.6 is 0 Å². The van der Waals surface area contributed by atoms with Gasteiger partial charge < -0.3 is 0 Å². The van der Waals surface area contributed by atoms with E-state index in [1.807, 2.05) is 6.92 Å². The van der Waals surface area contributed by atoms with E-state index in [4.69, 9.17) is 0 Å². The topological polar surface area (TPSA) is 0 Å². The van der Waals surface area contributed by atoms with Crippen molar-refractivity contribution in [1.82, 2.24) is 0 Å². The minimum Gasteiger partial charge on any atom is -0.0988 e. The zero-order valence-electron chi connectivity index (χ0n) is 7.06. The molecule has 0 aromatic heterocycles. The van der Waals surface area contributed by atoms with E-state index in [1.165, 1.54) is 0 Å². The second-order valence-corrected chi connectivity index (χ2v) is 2.23. The Hall–Kier alpha value is -1.30. The van der Waals surface area contributed by atoms with Crippen LogP contribution in [0.25, 0.3) is 0 Å². The maximum Gasteiger partial charge on any atom is -0.0167 e. The minimum absolute atomic E-state index is 0.886. The quantitative estimate of drug-likeness (QED) is 0.533. The molecular weight excluding hydrogens is 132 g/mol. The van der Waals surface area contributed by atoms with Crippen LogP contribution in [0.2, 0.25) is 0 Å². The van der Waals surface area contributed by atoms with Crippen LogP contribution in [0.3, 0.4) is 0 Å². The van der Waals surface area contributed by atoms with Crippen LogP contribution in [0.4, 0.5) is 0 Å². The summed E-state index contributed by atoms with van der Waals surface area (Å²) in [6.07, 6.45) is 5.26. The van der Waals surface area contributed by atoms with E-state index in [0.717, 1.165) is 16.7 Å². The molecule has 0 spiro atoms. The van der Waals surface area contributed by atoms with Gasteiger partial charge >= 0.3 is 0 Å². The largest absolute Gasteiger partial charge is 0.0988 e. The predicted octanol–water partition coefficient (Wildman–Crippen LogP) is 3.42. The molecule has 0 radical (unpaired) electrons. The first-order chi connectivity index (χ1) is 5.17. The van der Waals surface area contributed by atoms with Gasteiger partial charge in [-0.25, -0.2) is 0 Å². The third kappa shape index (κ3) is 2.42. The monoisotopic (exact) mass is 146 g/mol. The summed E-state index contributed by atoms with van der Waals surface area (Å²) in [7, 11) is 0. The van der Waals surface area contributed by atoms with Crippen LogP contribution in [0, 0.1) is 0 Å². The molecule has 0 N–H and O–H groups in total. The fourth-order valence-corrected chi connectivity index (χ4v) is 0.765. The van der Waals surface area contributed by atoms with Crippen LogP contribution in [0.15, 0.2) is 61.3 Å². The van der Waals surface area contributed by atoms with Gasteiger partial charge in [0, 0.05) is 0 Å². The van der Waals surface area contributed by atoms with Gasteiger partial charge in [-0.15, -0.1) is 0 Å². The third-order valence-corrected chi connectivity index (χ3v) is 1.53. The molecule has 0 atom stereocenters. The summed E-state index contributed by atoms with van der Waals surface area (Å²) in [5.41, 5.74) is 2.97. The van der Waals surface area contributed by atoms with Crippen molar-refractivity contribution in [2.45, 2.75) is 6.92 Å². The summed E-state index contributed by atoms with van der Waals surface area (Å²) in [4.78, 5) is 0. The summed E-state index contributed by atoms with van der Waals surface area (Å²) < 4.78 is 0. The molecule has 0 rings (SSSR count). The van der Waals surface area contributed by atoms with Crippen molar-refractivity contribution < 1.29 is 0 Å². The summed E-state index contributed by atoms with van der Waals surface area (Å²) in [6, 6.07) is 0. The molecule has 0 aliphatic carbocycles. The van der Waals surface area contributed by atoms with Crippen LogP contribution in [0.1, 0.15) is 6.92 Å². The molecule has 0 fully saturated rings. The normalized spacial score (nSPS) is 11.4. The smallest absolute Gasteiger partial charge is 0.0167 e. The molecule has 0 aromatic carbocycles. The first-order valence-electron chi connectivity index (χ1n) is 3.44. The van der Waals surface area contributed by atoms with Gasteiger partial charge in [0.1, 0.15) is 0 Å². The SMILES string of the molecule is C=CC(=C)/C(C=C)=C(/C)C=C. The van der Waals surface area contributed by atoms with Crippen molar-refractivity contribution in [3.05, 3.63) is 61.3 Å². The molecular formula is C11H14. The molecule has 0 aliphatic heterocycles. The van der Waals surface area contributed by atoms with Crippen molar-refractivity contribution in [3.8, 4) is 0 Å². The van der Waals surface area contributed by atoms with E-state index in [-0.39, 0.29) is 0 Å². The average Bonchev–Trinajstić information content (AvgIpc) is 2.05. The van der Waals surface area contributed by atoms with Gasteiger partial charge in [0.2, 0.25) is 0 Å². The van der Waals surface area contributed by atoms with Gasteiger partial charge in [-0.1, -0.05) is 44.5 Å². The van der Waals surface area contributed by atoms with Gasteiger partial charge in [0.25, 0.3) is 0 Å². The van der Waals surface area contributed by atoms with E-state index < -0.39 is 0 Å². The number of rotatable bonds is 4. The second kappa shape index (κ2) is 4.51. The Morgan fingerprint density at radius 3 is 1.82 bits per heavy atom. The number of allylic oxidation sites excluding steroid dienone is 6. The van der Waals surface area contributed by atoms with Gasteiger partial charge in [0.15, 0.2) is 0 Å². The maximum atomic E-state index is 3.82. The van der Waals surface area contributed by atoms with Crippen molar-refractivity contribution in [1.29, 1.82) is 0 Å². The van der Waals surface area contributed by atoms with Crippen molar-refractivity contribution in [2.75, 3.05) is 0 Å². The Kier molecular flexibility index (Phi) is 3.97. The highest BCUT2D eigenvalue weighted by molar-refractivity contribution is 5.48. The molecule has 0 amide bonds. The molecule has 0 nitrogen and oxygen atoms in total. The van der Waals surface area contributed by atoms with Crippen molar-refractivity contribution in [2.24, 2.45) is 0 Å². The Bertz CT molecular complexity index is 226. The predicted molar refractivity (Wildman–Crippen MR) is 52.4 cm³/mol. The van der Waals surface area contributed by atoms with E-state index in [9.17, 15) is 0 Å². The van der Waals surface area contributed by atoms with Crippen molar-refractivity contribution in [3.63, 3.8) is 0 Å². The number of hydrogen-bond acceptors (Lipinski definition) is 0. The minimum atomic E-state index is 0.886. The zero-order valence-corrected chi connectivity index (χ0v) is 7.06. The fraction of sp³-hybridized carbons (Fsp3) is 0.0909. The lowest BCUT2D eigenvalue weighted by Gasteiger charge is -2.03. The highest BCUT2D eigenvalue weighted by Gasteiger charge is 1.95. The van der Waals surface area contributed by atoms with Gasteiger partial charge in [-0.05, 0) is 23.6 Å². The van der Waals surface area contributed by atoms with E-state index in [2.05, 4.69) is 26.3 Å². The van der Waals surface area contributed by atoms with Gasteiger partial charge in [-0.2, -0.15) is 0 Å². The zero-order chi connectivity index (χ0) is 8.85. The van der Waals surface area contributed by atoms with Crippen LogP contribution in [-0.2, 0) is 0 Å². The first kappa shape index (κ1) is 9.70. The highest BCUT2D eigenvalue weighted by atomic mass is 14.0. The summed E-state index contributed by atoms with van der Waals surface area (Å²) in [6.45, 7) is 16.8.